The molecule has 0 aromatic carbocycles. The topological polar surface area (TPSA) is 79.7 Å². The number of nitrogens with two attached hydrogens (primary N) is 2. The second-order valence-electron chi connectivity index (χ2n) is 4.54. The van der Waals surface area contributed by atoms with Crippen LogP contribution in [0, 0.1) is 0 Å². The van der Waals surface area contributed by atoms with Crippen molar-refractivity contribution in [2.45, 2.75) is 60.8 Å². The fourth-order valence-electron chi connectivity index (χ4n) is 1.49. The first-order valence-corrected chi connectivity index (χ1v) is 7.55. The highest BCUT2D eigenvalue weighted by Crippen LogP contribution is 1.96. The average Bonchev–Trinajstić information content (AvgIpc) is 2.43. The van der Waals surface area contributed by atoms with Crippen molar-refractivity contribution in [3.05, 3.63) is 0 Å². The summed E-state index contributed by atoms with van der Waals surface area (Å²) in [4.78, 5) is 0. The van der Waals surface area contributed by atoms with Gasteiger partial charge in [0.15, 0.2) is 0 Å². The minimum atomic E-state index is 0. The SMILES string of the molecule is C.C.C.NCCCOCCCCOCCCCOCCCN. The van der Waals surface area contributed by atoms with E-state index in [2.05, 4.69) is 0 Å². The van der Waals surface area contributed by atoms with Gasteiger partial charge in [0.25, 0.3) is 0 Å². The second-order valence-corrected chi connectivity index (χ2v) is 4.54. The standard InChI is InChI=1S/C14H32N2O3.3CH4/c15-7-5-13-18-11-3-1-9-17-10-2-4-12-19-14-6-8-16;;;/h1-16H2;3*1H4. The van der Waals surface area contributed by atoms with Gasteiger partial charge >= 0.3 is 0 Å². The summed E-state index contributed by atoms with van der Waals surface area (Å²) in [6, 6.07) is 0. The number of hydrogen-bond donors (Lipinski definition) is 2. The molecule has 0 aromatic heterocycles. The molecule has 0 atom stereocenters. The molecule has 0 aliphatic heterocycles. The zero-order valence-corrected chi connectivity index (χ0v) is 12.3. The van der Waals surface area contributed by atoms with Crippen LogP contribution in [0.3, 0.4) is 0 Å². The molecule has 0 unspecified atom stereocenters. The van der Waals surface area contributed by atoms with E-state index in [4.69, 9.17) is 25.7 Å². The predicted molar refractivity (Wildman–Crippen MR) is 98.5 cm³/mol. The molecule has 5 nitrogen and oxygen atoms in total. The Labute approximate surface area is 140 Å². The minimum absolute atomic E-state index is 0. The summed E-state index contributed by atoms with van der Waals surface area (Å²) in [7, 11) is 0. The summed E-state index contributed by atoms with van der Waals surface area (Å²) in [5.41, 5.74) is 10.7. The molecule has 0 aromatic rings. The maximum Gasteiger partial charge on any atom is 0.0478 e. The lowest BCUT2D eigenvalue weighted by atomic mass is 10.3. The Kier molecular flexibility index (Phi) is 39.1. The number of ether oxygens (including phenoxy) is 3. The van der Waals surface area contributed by atoms with Crippen molar-refractivity contribution >= 4 is 0 Å². The molecular formula is C17H44N2O3. The van der Waals surface area contributed by atoms with Crippen LogP contribution in [0.2, 0.25) is 0 Å². The third kappa shape index (κ3) is 28.0. The number of unbranched alkanes of at least 4 members (excludes halogenated alkanes) is 2. The molecule has 0 amide bonds. The van der Waals surface area contributed by atoms with Crippen molar-refractivity contribution in [1.29, 1.82) is 0 Å². The summed E-state index contributed by atoms with van der Waals surface area (Å²) < 4.78 is 16.3. The molecule has 0 saturated heterocycles. The largest absolute Gasteiger partial charge is 0.381 e. The van der Waals surface area contributed by atoms with Gasteiger partial charge in [-0.25, -0.2) is 0 Å². The first-order valence-electron chi connectivity index (χ1n) is 7.55. The van der Waals surface area contributed by atoms with Gasteiger partial charge in [0.1, 0.15) is 0 Å². The van der Waals surface area contributed by atoms with E-state index in [-0.39, 0.29) is 22.3 Å². The molecule has 0 heterocycles. The molecule has 0 saturated carbocycles. The van der Waals surface area contributed by atoms with Crippen LogP contribution < -0.4 is 11.5 Å². The van der Waals surface area contributed by atoms with Crippen LogP contribution in [-0.2, 0) is 14.2 Å². The minimum Gasteiger partial charge on any atom is -0.381 e. The van der Waals surface area contributed by atoms with Gasteiger partial charge in [-0.05, 0) is 51.6 Å². The zero-order chi connectivity index (χ0) is 14.0. The summed E-state index contributed by atoms with van der Waals surface area (Å²) in [5, 5.41) is 0. The molecule has 0 fully saturated rings. The molecular weight excluding hydrogens is 280 g/mol. The average molecular weight is 325 g/mol. The fraction of sp³-hybridized carbons (Fsp3) is 1.00. The lowest BCUT2D eigenvalue weighted by molar-refractivity contribution is 0.0903. The number of rotatable bonds is 16. The van der Waals surface area contributed by atoms with Crippen molar-refractivity contribution in [1.82, 2.24) is 0 Å². The Morgan fingerprint density at radius 2 is 0.636 bits per heavy atom. The molecule has 0 rings (SSSR count). The van der Waals surface area contributed by atoms with E-state index >= 15 is 0 Å². The smallest absolute Gasteiger partial charge is 0.0478 e. The van der Waals surface area contributed by atoms with Crippen molar-refractivity contribution in [3.63, 3.8) is 0 Å². The third-order valence-corrected chi connectivity index (χ3v) is 2.64. The molecule has 0 bridgehead atoms. The Morgan fingerprint density at radius 3 is 0.864 bits per heavy atom. The molecule has 0 aliphatic rings. The first kappa shape index (κ1) is 29.8. The summed E-state index contributed by atoms with van der Waals surface area (Å²) in [5.74, 6) is 0. The maximum absolute atomic E-state index is 5.54. The molecule has 5 heteroatoms. The van der Waals surface area contributed by atoms with E-state index in [1.54, 1.807) is 0 Å². The molecule has 22 heavy (non-hydrogen) atoms. The van der Waals surface area contributed by atoms with Gasteiger partial charge in [-0.2, -0.15) is 0 Å². The van der Waals surface area contributed by atoms with Gasteiger partial charge in [0.2, 0.25) is 0 Å². The Hall–Kier alpha value is -0.200. The van der Waals surface area contributed by atoms with Crippen LogP contribution in [0.1, 0.15) is 60.8 Å². The second kappa shape index (κ2) is 28.9. The maximum atomic E-state index is 5.54. The Morgan fingerprint density at radius 1 is 0.409 bits per heavy atom. The van der Waals surface area contributed by atoms with Gasteiger partial charge in [0, 0.05) is 39.6 Å². The fourth-order valence-corrected chi connectivity index (χ4v) is 1.49. The lowest BCUT2D eigenvalue weighted by Crippen LogP contribution is -2.06. The van der Waals surface area contributed by atoms with Crippen LogP contribution in [0.15, 0.2) is 0 Å². The van der Waals surface area contributed by atoms with Crippen LogP contribution >= 0.6 is 0 Å². The summed E-state index contributed by atoms with van der Waals surface area (Å²) >= 11 is 0. The van der Waals surface area contributed by atoms with Crippen LogP contribution in [0.4, 0.5) is 0 Å². The van der Waals surface area contributed by atoms with Crippen LogP contribution in [0.5, 0.6) is 0 Å². The van der Waals surface area contributed by atoms with Gasteiger partial charge in [-0.1, -0.05) is 22.3 Å². The van der Waals surface area contributed by atoms with Gasteiger partial charge in [0.05, 0.1) is 0 Å². The Bertz CT molecular complexity index is 145. The molecule has 140 valence electrons. The quantitative estimate of drug-likeness (QED) is 0.426. The van der Waals surface area contributed by atoms with E-state index in [9.17, 15) is 0 Å². The number of hydrogen-bond acceptors (Lipinski definition) is 5. The highest BCUT2D eigenvalue weighted by atomic mass is 16.5. The van der Waals surface area contributed by atoms with E-state index in [1.165, 1.54) is 0 Å². The van der Waals surface area contributed by atoms with Crippen LogP contribution in [-0.4, -0.2) is 52.7 Å². The predicted octanol–water partition coefficient (Wildman–Crippen LogP) is 3.20. The summed E-state index contributed by atoms with van der Waals surface area (Å²) in [6.07, 6.45) is 6.15. The normalized spacial score (nSPS) is 9.55. The van der Waals surface area contributed by atoms with Gasteiger partial charge < -0.3 is 25.7 Å². The highest BCUT2D eigenvalue weighted by molar-refractivity contribution is 4.43. The zero-order valence-electron chi connectivity index (χ0n) is 12.3. The Balaban J connectivity index is -0.000000540. The molecule has 0 radical (unpaired) electrons. The van der Waals surface area contributed by atoms with Crippen molar-refractivity contribution in [2.24, 2.45) is 11.5 Å². The highest BCUT2D eigenvalue weighted by Gasteiger charge is 1.93. The van der Waals surface area contributed by atoms with E-state index in [1.807, 2.05) is 0 Å². The lowest BCUT2D eigenvalue weighted by Gasteiger charge is -2.06. The van der Waals surface area contributed by atoms with Crippen molar-refractivity contribution in [3.8, 4) is 0 Å². The van der Waals surface area contributed by atoms with E-state index < -0.39 is 0 Å². The van der Waals surface area contributed by atoms with Gasteiger partial charge in [-0.15, -0.1) is 0 Å². The third-order valence-electron chi connectivity index (χ3n) is 2.64. The van der Waals surface area contributed by atoms with E-state index in [0.29, 0.717) is 13.1 Å². The van der Waals surface area contributed by atoms with Crippen molar-refractivity contribution < 1.29 is 14.2 Å². The van der Waals surface area contributed by atoms with Crippen LogP contribution in [0.25, 0.3) is 0 Å². The molecule has 0 aliphatic carbocycles. The van der Waals surface area contributed by atoms with Crippen molar-refractivity contribution in [2.75, 3.05) is 52.7 Å². The molecule has 0 spiro atoms. The summed E-state index contributed by atoms with van der Waals surface area (Å²) in [6.45, 7) is 6.26. The molecule has 4 N–H and O–H groups in total. The monoisotopic (exact) mass is 324 g/mol. The first-order chi connectivity index (χ1) is 9.41. The van der Waals surface area contributed by atoms with Gasteiger partial charge in [-0.3, -0.25) is 0 Å². The van der Waals surface area contributed by atoms with E-state index in [0.717, 1.165) is 78.2 Å².